The molecule has 0 bridgehead atoms. The lowest BCUT2D eigenvalue weighted by Crippen LogP contribution is -2.10. The molecule has 0 aliphatic heterocycles. The van der Waals surface area contributed by atoms with Crippen LogP contribution in [0.2, 0.25) is 0 Å². The summed E-state index contributed by atoms with van der Waals surface area (Å²) in [6, 6.07) is 6.66. The average molecular weight is 282 g/mol. The van der Waals surface area contributed by atoms with Crippen molar-refractivity contribution in [2.24, 2.45) is 11.8 Å². The molecule has 0 amide bonds. The van der Waals surface area contributed by atoms with Gasteiger partial charge in [-0.3, -0.25) is 0 Å². The van der Waals surface area contributed by atoms with Crippen LogP contribution in [0.15, 0.2) is 66.3 Å². The molecule has 0 nitrogen and oxygen atoms in total. The molecule has 0 N–H and O–H groups in total. The van der Waals surface area contributed by atoms with Gasteiger partial charge in [-0.15, -0.1) is 6.58 Å². The highest BCUT2D eigenvalue weighted by molar-refractivity contribution is 5.62. The Morgan fingerprint density at radius 1 is 1.19 bits per heavy atom. The first-order valence-corrected chi connectivity index (χ1v) is 7.58. The van der Waals surface area contributed by atoms with Gasteiger partial charge in [-0.25, -0.2) is 4.39 Å². The Bertz CT molecular complexity index is 570. The van der Waals surface area contributed by atoms with Gasteiger partial charge in [0.2, 0.25) is 0 Å². The Morgan fingerprint density at radius 2 is 1.90 bits per heavy atom. The van der Waals surface area contributed by atoms with Crippen LogP contribution in [0.5, 0.6) is 0 Å². The molecule has 0 aromatic heterocycles. The Labute approximate surface area is 127 Å². The van der Waals surface area contributed by atoms with Crippen LogP contribution in [0.4, 0.5) is 4.39 Å². The monoisotopic (exact) mass is 282 g/mol. The summed E-state index contributed by atoms with van der Waals surface area (Å²) in [6.07, 6.45) is 13.1. The zero-order valence-corrected chi connectivity index (χ0v) is 12.9. The van der Waals surface area contributed by atoms with E-state index >= 15 is 0 Å². The lowest BCUT2D eigenvalue weighted by Gasteiger charge is -2.23. The maximum Gasteiger partial charge on any atom is 0.123 e. The van der Waals surface area contributed by atoms with Crippen molar-refractivity contribution in [2.45, 2.75) is 26.7 Å². The largest absolute Gasteiger partial charge is 0.207 e. The molecule has 1 heteroatoms. The van der Waals surface area contributed by atoms with E-state index in [1.807, 2.05) is 18.2 Å². The van der Waals surface area contributed by atoms with Crippen LogP contribution in [0.1, 0.15) is 32.3 Å². The van der Waals surface area contributed by atoms with Crippen LogP contribution in [0.25, 0.3) is 6.08 Å². The van der Waals surface area contributed by atoms with Crippen molar-refractivity contribution in [3.05, 3.63) is 77.7 Å². The third kappa shape index (κ3) is 4.04. The summed E-state index contributed by atoms with van der Waals surface area (Å²) in [4.78, 5) is 0. The Hall–Kier alpha value is -1.89. The Morgan fingerprint density at radius 3 is 2.43 bits per heavy atom. The van der Waals surface area contributed by atoms with Crippen LogP contribution < -0.4 is 0 Å². The van der Waals surface area contributed by atoms with E-state index in [4.69, 9.17) is 0 Å². The molecule has 0 saturated heterocycles. The highest BCUT2D eigenvalue weighted by atomic mass is 19.1. The molecule has 0 saturated carbocycles. The van der Waals surface area contributed by atoms with Gasteiger partial charge >= 0.3 is 0 Å². The first-order valence-electron chi connectivity index (χ1n) is 7.58. The summed E-state index contributed by atoms with van der Waals surface area (Å²) in [7, 11) is 0. The standard InChI is InChI=1S/C20H23F/c1-4-19(15(2)3)20(17-8-6-5-7-9-17)14-16-10-12-18(21)13-11-16/h4,6,8-15,19H,1,5,7H2,2-3H3/b20-14-. The second-order valence-corrected chi connectivity index (χ2v) is 5.80. The second kappa shape index (κ2) is 7.21. The zero-order valence-electron chi connectivity index (χ0n) is 12.9. The van der Waals surface area contributed by atoms with Gasteiger partial charge in [0.05, 0.1) is 0 Å². The fraction of sp³-hybridized carbons (Fsp3) is 0.300. The molecule has 2 rings (SSSR count). The van der Waals surface area contributed by atoms with Crippen LogP contribution in [-0.4, -0.2) is 0 Å². The molecule has 1 aromatic rings. The summed E-state index contributed by atoms with van der Waals surface area (Å²) >= 11 is 0. The molecule has 110 valence electrons. The Kier molecular flexibility index (Phi) is 5.32. The van der Waals surface area contributed by atoms with Gasteiger partial charge < -0.3 is 0 Å². The summed E-state index contributed by atoms with van der Waals surface area (Å²) in [5, 5.41) is 0. The second-order valence-electron chi connectivity index (χ2n) is 5.80. The number of benzene rings is 1. The van der Waals surface area contributed by atoms with Crippen molar-refractivity contribution in [2.75, 3.05) is 0 Å². The fourth-order valence-corrected chi connectivity index (χ4v) is 2.70. The lowest BCUT2D eigenvalue weighted by atomic mass is 9.81. The Balaban J connectivity index is 2.44. The first kappa shape index (κ1) is 15.5. The molecule has 21 heavy (non-hydrogen) atoms. The maximum absolute atomic E-state index is 13.1. The van der Waals surface area contributed by atoms with Crippen molar-refractivity contribution in [3.63, 3.8) is 0 Å². The molecule has 1 atom stereocenters. The van der Waals surface area contributed by atoms with Crippen molar-refractivity contribution >= 4 is 6.08 Å². The van der Waals surface area contributed by atoms with E-state index in [2.05, 4.69) is 44.7 Å². The number of halogens is 1. The van der Waals surface area contributed by atoms with E-state index in [1.54, 1.807) is 0 Å². The minimum Gasteiger partial charge on any atom is -0.207 e. The van der Waals surface area contributed by atoms with Gasteiger partial charge in [0.1, 0.15) is 5.82 Å². The highest BCUT2D eigenvalue weighted by Crippen LogP contribution is 2.32. The van der Waals surface area contributed by atoms with Crippen LogP contribution in [-0.2, 0) is 0 Å². The van der Waals surface area contributed by atoms with Gasteiger partial charge in [-0.2, -0.15) is 0 Å². The summed E-state index contributed by atoms with van der Waals surface area (Å²) in [5.41, 5.74) is 3.56. The van der Waals surface area contributed by atoms with Crippen LogP contribution in [0, 0.1) is 17.7 Å². The van der Waals surface area contributed by atoms with E-state index in [1.165, 1.54) is 23.3 Å². The minimum atomic E-state index is -0.199. The predicted molar refractivity (Wildman–Crippen MR) is 89.4 cm³/mol. The van der Waals surface area contributed by atoms with E-state index in [0.29, 0.717) is 11.8 Å². The summed E-state index contributed by atoms with van der Waals surface area (Å²) in [6.45, 7) is 8.41. The zero-order chi connectivity index (χ0) is 15.2. The first-order chi connectivity index (χ1) is 10.1. The number of allylic oxidation sites excluding steroid dienone is 6. The fourth-order valence-electron chi connectivity index (χ4n) is 2.70. The predicted octanol–water partition coefficient (Wildman–Crippen LogP) is 5.94. The molecule has 0 radical (unpaired) electrons. The van der Waals surface area contributed by atoms with E-state index in [0.717, 1.165) is 18.4 Å². The molecule has 1 unspecified atom stereocenters. The van der Waals surface area contributed by atoms with Crippen molar-refractivity contribution in [1.82, 2.24) is 0 Å². The van der Waals surface area contributed by atoms with Gasteiger partial charge in [0.25, 0.3) is 0 Å². The van der Waals surface area contributed by atoms with E-state index in [-0.39, 0.29) is 5.82 Å². The summed E-state index contributed by atoms with van der Waals surface area (Å²) in [5.74, 6) is 0.573. The molecular weight excluding hydrogens is 259 g/mol. The number of hydrogen-bond acceptors (Lipinski definition) is 0. The smallest absolute Gasteiger partial charge is 0.123 e. The average Bonchev–Trinajstić information content (AvgIpc) is 2.49. The molecular formula is C20H23F. The van der Waals surface area contributed by atoms with Crippen molar-refractivity contribution < 1.29 is 4.39 Å². The van der Waals surface area contributed by atoms with Crippen LogP contribution >= 0.6 is 0 Å². The molecule has 1 aliphatic rings. The van der Waals surface area contributed by atoms with E-state index in [9.17, 15) is 4.39 Å². The third-order valence-electron chi connectivity index (χ3n) is 3.85. The van der Waals surface area contributed by atoms with Gasteiger partial charge in [0, 0.05) is 5.92 Å². The SMILES string of the molecule is C=CC(/C(=C\c1ccc(F)cc1)C1=CCCC=C1)C(C)C. The quantitative estimate of drug-likeness (QED) is 0.586. The van der Waals surface area contributed by atoms with Gasteiger partial charge in [-0.1, -0.05) is 56.4 Å². The van der Waals surface area contributed by atoms with E-state index < -0.39 is 0 Å². The van der Waals surface area contributed by atoms with Crippen LogP contribution in [0.3, 0.4) is 0 Å². The highest BCUT2D eigenvalue weighted by Gasteiger charge is 2.18. The molecule has 0 heterocycles. The summed E-state index contributed by atoms with van der Waals surface area (Å²) < 4.78 is 13.1. The van der Waals surface area contributed by atoms with Crippen molar-refractivity contribution in [1.29, 1.82) is 0 Å². The topological polar surface area (TPSA) is 0 Å². The molecule has 1 aromatic carbocycles. The minimum absolute atomic E-state index is 0.199. The number of rotatable bonds is 5. The van der Waals surface area contributed by atoms with Gasteiger partial charge in [0.15, 0.2) is 0 Å². The lowest BCUT2D eigenvalue weighted by molar-refractivity contribution is 0.534. The number of hydrogen-bond donors (Lipinski definition) is 0. The van der Waals surface area contributed by atoms with Gasteiger partial charge in [-0.05, 0) is 47.6 Å². The molecule has 1 aliphatic carbocycles. The normalized spacial score (nSPS) is 16.8. The van der Waals surface area contributed by atoms with Crippen molar-refractivity contribution in [3.8, 4) is 0 Å². The molecule has 0 fully saturated rings. The molecule has 0 spiro atoms. The maximum atomic E-state index is 13.1. The third-order valence-corrected chi connectivity index (χ3v) is 3.85.